The van der Waals surface area contributed by atoms with E-state index in [1.165, 1.54) is 11.8 Å². The lowest BCUT2D eigenvalue weighted by Crippen LogP contribution is -2.27. The molecule has 4 rings (SSSR count). The summed E-state index contributed by atoms with van der Waals surface area (Å²) in [6, 6.07) is 20.8. The van der Waals surface area contributed by atoms with Gasteiger partial charge < -0.3 is 9.64 Å². The molecule has 1 heterocycles. The molecule has 0 aliphatic carbocycles. The molecule has 1 aliphatic heterocycles. The maximum atomic E-state index is 13.2. The summed E-state index contributed by atoms with van der Waals surface area (Å²) in [5, 5.41) is 1.12. The van der Waals surface area contributed by atoms with Crippen molar-refractivity contribution in [1.82, 2.24) is 0 Å². The van der Waals surface area contributed by atoms with Gasteiger partial charge in [0, 0.05) is 46.0 Å². The van der Waals surface area contributed by atoms with Crippen LogP contribution in [0, 0.1) is 0 Å². The quantitative estimate of drug-likeness (QED) is 0.214. The van der Waals surface area contributed by atoms with Crippen LogP contribution >= 0.6 is 47.2 Å². The van der Waals surface area contributed by atoms with Gasteiger partial charge >= 0.3 is 0 Å². The lowest BCUT2D eigenvalue weighted by Gasteiger charge is -2.22. The number of amides is 1. The summed E-state index contributed by atoms with van der Waals surface area (Å²) >= 11 is 19.2. The first-order valence-electron chi connectivity index (χ1n) is 11.2. The van der Waals surface area contributed by atoms with Crippen molar-refractivity contribution in [2.75, 3.05) is 22.9 Å². The summed E-state index contributed by atoms with van der Waals surface area (Å²) in [6.07, 6.45) is 1.84. The first-order valence-corrected chi connectivity index (χ1v) is 13.2. The van der Waals surface area contributed by atoms with E-state index < -0.39 is 0 Å². The van der Waals surface area contributed by atoms with Crippen molar-refractivity contribution in [1.29, 1.82) is 0 Å². The number of thioether (sulfide) groups is 1. The van der Waals surface area contributed by atoms with Crippen molar-refractivity contribution in [3.05, 3.63) is 92.8 Å². The lowest BCUT2D eigenvalue weighted by molar-refractivity contribution is -0.113. The van der Waals surface area contributed by atoms with Crippen LogP contribution < -0.4 is 14.5 Å². The Morgan fingerprint density at radius 3 is 2.46 bits per heavy atom. The summed E-state index contributed by atoms with van der Waals surface area (Å²) in [6.45, 7) is 6.23. The fourth-order valence-corrected chi connectivity index (χ4v) is 5.51. The van der Waals surface area contributed by atoms with Crippen LogP contribution in [0.5, 0.6) is 5.75 Å². The minimum atomic E-state index is -0.147. The summed E-state index contributed by atoms with van der Waals surface area (Å²) in [5.41, 5.74) is 3.41. The van der Waals surface area contributed by atoms with E-state index in [0.717, 1.165) is 35.6 Å². The first-order chi connectivity index (χ1) is 16.9. The molecule has 1 aliphatic rings. The topological polar surface area (TPSA) is 32.8 Å². The number of carbonyl (C=O) groups excluding carboxylic acids is 1. The molecular formula is C27H24Cl2N2O2S2. The van der Waals surface area contributed by atoms with Gasteiger partial charge in [-0.2, -0.15) is 0 Å². The molecule has 0 unspecified atom stereocenters. The monoisotopic (exact) mass is 542 g/mol. The van der Waals surface area contributed by atoms with Gasteiger partial charge in [-0.3, -0.25) is 9.69 Å². The number of rotatable bonds is 8. The molecule has 0 aromatic heterocycles. The third-order valence-electron chi connectivity index (χ3n) is 5.62. The van der Waals surface area contributed by atoms with Crippen LogP contribution in [0.1, 0.15) is 25.0 Å². The predicted octanol–water partition coefficient (Wildman–Crippen LogP) is 7.82. The number of halogens is 2. The number of hydrogen-bond acceptors (Lipinski definition) is 5. The molecule has 3 aromatic carbocycles. The largest absolute Gasteiger partial charge is 0.488 e. The Kier molecular flexibility index (Phi) is 8.39. The Morgan fingerprint density at radius 1 is 1.03 bits per heavy atom. The average molecular weight is 544 g/mol. The molecule has 0 atom stereocenters. The highest BCUT2D eigenvalue weighted by Crippen LogP contribution is 2.38. The normalized spacial score (nSPS) is 14.6. The number of hydrogen-bond donors (Lipinski definition) is 0. The van der Waals surface area contributed by atoms with Crippen LogP contribution in [-0.2, 0) is 11.4 Å². The van der Waals surface area contributed by atoms with Crippen LogP contribution in [-0.4, -0.2) is 23.3 Å². The Bertz CT molecular complexity index is 1280. The zero-order chi connectivity index (χ0) is 24.9. The van der Waals surface area contributed by atoms with Gasteiger partial charge in [0.2, 0.25) is 0 Å². The van der Waals surface area contributed by atoms with Crippen molar-refractivity contribution in [3.63, 3.8) is 0 Å². The molecule has 1 fully saturated rings. The molecule has 3 aromatic rings. The second-order valence-corrected chi connectivity index (χ2v) is 10.3. The zero-order valence-corrected chi connectivity index (χ0v) is 22.5. The van der Waals surface area contributed by atoms with Gasteiger partial charge in [-0.15, -0.1) is 0 Å². The predicted molar refractivity (Wildman–Crippen MR) is 153 cm³/mol. The van der Waals surface area contributed by atoms with Gasteiger partial charge in [-0.05, 0) is 56.3 Å². The number of anilines is 2. The molecule has 0 spiro atoms. The fourth-order valence-electron chi connectivity index (χ4n) is 3.76. The third-order valence-corrected chi connectivity index (χ3v) is 7.51. The van der Waals surface area contributed by atoms with Gasteiger partial charge in [0.05, 0.1) is 10.6 Å². The van der Waals surface area contributed by atoms with Crippen LogP contribution in [0.25, 0.3) is 6.08 Å². The second kappa shape index (κ2) is 11.5. The molecule has 0 bridgehead atoms. The van der Waals surface area contributed by atoms with Crippen molar-refractivity contribution in [2.45, 2.75) is 20.5 Å². The Balaban J connectivity index is 1.67. The summed E-state index contributed by atoms with van der Waals surface area (Å²) in [5.74, 6) is 0.510. The summed E-state index contributed by atoms with van der Waals surface area (Å²) < 4.78 is 6.74. The molecule has 0 radical (unpaired) electrons. The van der Waals surface area contributed by atoms with Gasteiger partial charge in [0.15, 0.2) is 4.32 Å². The van der Waals surface area contributed by atoms with Crippen molar-refractivity contribution in [2.24, 2.45) is 0 Å². The number of thiocarbonyl (C=S) groups is 1. The minimum absolute atomic E-state index is 0.147. The van der Waals surface area contributed by atoms with Gasteiger partial charge in [-0.25, -0.2) is 0 Å². The molecule has 4 nitrogen and oxygen atoms in total. The van der Waals surface area contributed by atoms with Crippen LogP contribution in [0.15, 0.2) is 71.6 Å². The Labute approximate surface area is 225 Å². The van der Waals surface area contributed by atoms with Crippen molar-refractivity contribution in [3.8, 4) is 5.75 Å². The maximum absolute atomic E-state index is 13.2. The van der Waals surface area contributed by atoms with Gasteiger partial charge in [0.1, 0.15) is 12.4 Å². The van der Waals surface area contributed by atoms with E-state index in [0.29, 0.717) is 25.0 Å². The van der Waals surface area contributed by atoms with Crippen LogP contribution in [0.4, 0.5) is 11.4 Å². The van der Waals surface area contributed by atoms with E-state index in [1.807, 2.05) is 60.7 Å². The van der Waals surface area contributed by atoms with Crippen molar-refractivity contribution < 1.29 is 9.53 Å². The maximum Gasteiger partial charge on any atom is 0.270 e. The lowest BCUT2D eigenvalue weighted by atomic mass is 10.1. The van der Waals surface area contributed by atoms with E-state index in [1.54, 1.807) is 17.0 Å². The van der Waals surface area contributed by atoms with E-state index >= 15 is 0 Å². The highest BCUT2D eigenvalue weighted by molar-refractivity contribution is 8.27. The van der Waals surface area contributed by atoms with Crippen molar-refractivity contribution >= 4 is 74.9 Å². The average Bonchev–Trinajstić information content (AvgIpc) is 3.13. The van der Waals surface area contributed by atoms with Gasteiger partial charge in [-0.1, -0.05) is 71.4 Å². The zero-order valence-electron chi connectivity index (χ0n) is 19.3. The number of para-hydroxylation sites is 1. The van der Waals surface area contributed by atoms with Gasteiger partial charge in [0.25, 0.3) is 5.91 Å². The molecule has 35 heavy (non-hydrogen) atoms. The van der Waals surface area contributed by atoms with Crippen LogP contribution in [0.3, 0.4) is 0 Å². The van der Waals surface area contributed by atoms with E-state index in [9.17, 15) is 4.79 Å². The highest BCUT2D eigenvalue weighted by Gasteiger charge is 2.33. The molecular weight excluding hydrogens is 519 g/mol. The Morgan fingerprint density at radius 2 is 1.77 bits per heavy atom. The standard InChI is InChI=1S/C27H24Cl2N2O2S2/c1-3-30(4-2)22-13-11-18(24(16-22)33-17-19-10-12-20(28)15-23(19)29)14-25-26(32)31(27(34)35-25)21-8-6-5-7-9-21/h5-16H,3-4,17H2,1-2H3. The highest BCUT2D eigenvalue weighted by atomic mass is 35.5. The number of carbonyl (C=O) groups is 1. The molecule has 8 heteroatoms. The molecule has 180 valence electrons. The summed E-state index contributed by atoms with van der Waals surface area (Å²) in [4.78, 5) is 17.6. The number of benzene rings is 3. The molecule has 0 N–H and O–H groups in total. The van der Waals surface area contributed by atoms with E-state index in [-0.39, 0.29) is 12.5 Å². The molecule has 1 saturated heterocycles. The van der Waals surface area contributed by atoms with E-state index in [4.69, 9.17) is 40.2 Å². The summed E-state index contributed by atoms with van der Waals surface area (Å²) in [7, 11) is 0. The smallest absolute Gasteiger partial charge is 0.270 e. The third kappa shape index (κ3) is 5.84. The first kappa shape index (κ1) is 25.6. The fraction of sp³-hybridized carbons (Fsp3) is 0.185. The Hall–Kier alpha value is -2.51. The molecule has 0 saturated carbocycles. The number of nitrogens with zero attached hydrogens (tertiary/aromatic N) is 2. The van der Waals surface area contributed by atoms with E-state index in [2.05, 4.69) is 18.7 Å². The number of ether oxygens (including phenoxy) is 1. The van der Waals surface area contributed by atoms with Crippen LogP contribution in [0.2, 0.25) is 10.0 Å². The second-order valence-electron chi connectivity index (χ2n) is 7.77. The SMILES string of the molecule is CCN(CC)c1ccc(C=C2SC(=S)N(c3ccccc3)C2=O)c(OCc2ccc(Cl)cc2Cl)c1. The molecule has 1 amide bonds. The minimum Gasteiger partial charge on any atom is -0.488 e.